The summed E-state index contributed by atoms with van der Waals surface area (Å²) < 4.78 is 1.76. The van der Waals surface area contributed by atoms with E-state index in [0.29, 0.717) is 0 Å². The van der Waals surface area contributed by atoms with Crippen LogP contribution in [0, 0.1) is 44.2 Å². The third-order valence-corrected chi connectivity index (χ3v) is 1.95. The van der Waals surface area contributed by atoms with E-state index >= 15 is 0 Å². The summed E-state index contributed by atoms with van der Waals surface area (Å²) in [6, 6.07) is 13.8. The van der Waals surface area contributed by atoms with Gasteiger partial charge in [0.1, 0.15) is 5.69 Å². The van der Waals surface area contributed by atoms with E-state index in [0.717, 1.165) is 16.9 Å². The fourth-order valence-corrected chi connectivity index (χ4v) is 1.07. The maximum atomic E-state index is 4.19. The predicted octanol–water partition coefficient (Wildman–Crippen LogP) is 1.49. The summed E-state index contributed by atoms with van der Waals surface area (Å²) >= 11 is 0. The summed E-state index contributed by atoms with van der Waals surface area (Å²) in [6.45, 7) is 4.02. The predicted molar refractivity (Wildman–Crippen MR) is 47.2 cm³/mol. The van der Waals surface area contributed by atoms with Gasteiger partial charge in [0.25, 0.3) is 0 Å². The van der Waals surface area contributed by atoms with Crippen LogP contribution in [0.15, 0.2) is 6.20 Å². The minimum atomic E-state index is 0.726. The van der Waals surface area contributed by atoms with Crippen molar-refractivity contribution in [1.82, 2.24) is 9.78 Å². The van der Waals surface area contributed by atoms with Crippen molar-refractivity contribution >= 4 is 0 Å². The Morgan fingerprint density at radius 1 is 1.23 bits per heavy atom. The normalized spacial score (nSPS) is 9.08. The molecule has 0 fully saturated rings. The van der Waals surface area contributed by atoms with Gasteiger partial charge in [0, 0.05) is 5.69 Å². The van der Waals surface area contributed by atoms with E-state index in [9.17, 15) is 0 Å². The molecule has 0 saturated carbocycles. The second kappa shape index (κ2) is 2.84. The Morgan fingerprint density at radius 3 is 2.62 bits per heavy atom. The van der Waals surface area contributed by atoms with Crippen LogP contribution in [-0.4, -0.2) is 9.78 Å². The molecule has 0 spiro atoms. The zero-order valence-corrected chi connectivity index (χ0v) is 7.47. The van der Waals surface area contributed by atoms with Gasteiger partial charge < -0.3 is 0 Å². The van der Waals surface area contributed by atoms with Crippen LogP contribution in [0.5, 0.6) is 0 Å². The SMILES string of the molecule is Cc1cnn(-c2[c]c#cc#c2)c1C. The minimum absolute atomic E-state index is 0.726. The fourth-order valence-electron chi connectivity index (χ4n) is 1.07. The van der Waals surface area contributed by atoms with Crippen molar-refractivity contribution < 1.29 is 0 Å². The Kier molecular flexibility index (Phi) is 1.69. The smallest absolute Gasteiger partial charge is 0.133 e. The van der Waals surface area contributed by atoms with Crippen LogP contribution in [0.1, 0.15) is 11.3 Å². The lowest BCUT2D eigenvalue weighted by Gasteiger charge is -1.98. The van der Waals surface area contributed by atoms with Gasteiger partial charge in [-0.3, -0.25) is 0 Å². The zero-order chi connectivity index (χ0) is 9.26. The number of aromatic nitrogens is 2. The van der Waals surface area contributed by atoms with Gasteiger partial charge in [-0.25, -0.2) is 4.68 Å². The molecule has 1 heterocycles. The van der Waals surface area contributed by atoms with Crippen molar-refractivity contribution in [2.75, 3.05) is 0 Å². The first-order valence-electron chi connectivity index (χ1n) is 3.94. The molecule has 2 nitrogen and oxygen atoms in total. The summed E-state index contributed by atoms with van der Waals surface area (Å²) in [6.07, 6.45) is 1.81. The highest BCUT2D eigenvalue weighted by Gasteiger charge is 2.03. The van der Waals surface area contributed by atoms with Crippen molar-refractivity contribution in [3.63, 3.8) is 0 Å². The molecule has 2 rings (SSSR count). The third-order valence-electron chi connectivity index (χ3n) is 1.95. The van der Waals surface area contributed by atoms with Crippen LogP contribution in [0.4, 0.5) is 0 Å². The Hall–Kier alpha value is -1.93. The lowest BCUT2D eigenvalue weighted by molar-refractivity contribution is 0.845. The summed E-state index contributed by atoms with van der Waals surface area (Å²) in [5, 5.41) is 4.19. The van der Waals surface area contributed by atoms with Crippen molar-refractivity contribution in [3.05, 3.63) is 47.8 Å². The molecular weight excluding hydrogens is 160 g/mol. The maximum absolute atomic E-state index is 4.19. The van der Waals surface area contributed by atoms with Gasteiger partial charge in [-0.15, -0.1) is 0 Å². The molecule has 2 heteroatoms. The Bertz CT molecular complexity index is 401. The van der Waals surface area contributed by atoms with Crippen LogP contribution in [0.25, 0.3) is 5.69 Å². The van der Waals surface area contributed by atoms with Crippen LogP contribution < -0.4 is 0 Å². The Morgan fingerprint density at radius 2 is 2.08 bits per heavy atom. The quantitative estimate of drug-likeness (QED) is 0.629. The second-order valence-electron chi connectivity index (χ2n) is 2.80. The third kappa shape index (κ3) is 1.23. The van der Waals surface area contributed by atoms with E-state index < -0.39 is 0 Å². The van der Waals surface area contributed by atoms with Crippen LogP contribution in [0.2, 0.25) is 0 Å². The van der Waals surface area contributed by atoms with Gasteiger partial charge >= 0.3 is 0 Å². The first-order chi connectivity index (χ1) is 6.29. The average Bonchev–Trinajstić information content (AvgIpc) is 2.49. The van der Waals surface area contributed by atoms with Crippen molar-refractivity contribution in [2.45, 2.75) is 13.8 Å². The van der Waals surface area contributed by atoms with Gasteiger partial charge in [-0.05, 0) is 43.7 Å². The van der Waals surface area contributed by atoms with Gasteiger partial charge in [0.05, 0.1) is 12.3 Å². The molecule has 0 atom stereocenters. The first kappa shape index (κ1) is 7.71. The lowest BCUT2D eigenvalue weighted by atomic mass is 10.3. The number of nitrogens with zero attached hydrogens (tertiary/aromatic N) is 2. The lowest BCUT2D eigenvalue weighted by Crippen LogP contribution is -1.97. The van der Waals surface area contributed by atoms with Gasteiger partial charge in [-0.2, -0.15) is 5.10 Å². The number of rotatable bonds is 1. The Balaban J connectivity index is 2.53. The van der Waals surface area contributed by atoms with Gasteiger partial charge in [-0.1, -0.05) is 0 Å². The molecule has 2 aromatic rings. The highest BCUT2D eigenvalue weighted by molar-refractivity contribution is 5.28. The molecule has 1 radical (unpaired) electrons. The Labute approximate surface area is 77.8 Å². The van der Waals surface area contributed by atoms with E-state index in [-0.39, 0.29) is 0 Å². The summed E-state index contributed by atoms with van der Waals surface area (Å²) in [5.74, 6) is 0. The van der Waals surface area contributed by atoms with Gasteiger partial charge in [0.15, 0.2) is 0 Å². The fraction of sp³-hybridized carbons (Fsp3) is 0.182. The van der Waals surface area contributed by atoms with E-state index in [4.69, 9.17) is 0 Å². The van der Waals surface area contributed by atoms with Crippen molar-refractivity contribution in [2.24, 2.45) is 0 Å². The molecule has 0 N–H and O–H groups in total. The molecule has 0 unspecified atom stereocenters. The van der Waals surface area contributed by atoms with Crippen molar-refractivity contribution in [1.29, 1.82) is 0 Å². The van der Waals surface area contributed by atoms with Crippen LogP contribution in [-0.2, 0) is 0 Å². The van der Waals surface area contributed by atoms with E-state index in [2.05, 4.69) is 35.4 Å². The van der Waals surface area contributed by atoms with E-state index in [1.807, 2.05) is 20.0 Å². The van der Waals surface area contributed by atoms with Gasteiger partial charge in [0.2, 0.25) is 0 Å². The summed E-state index contributed by atoms with van der Waals surface area (Å²) in [7, 11) is 0. The standard InChI is InChI=1S/C11H7N2/c1-9-8-12-13(10(9)2)11-6-4-3-5-7-11/h8H,1-2H3. The molecule has 0 aliphatic heterocycles. The highest BCUT2D eigenvalue weighted by atomic mass is 15.3. The molecule has 0 saturated heterocycles. The minimum Gasteiger partial charge on any atom is -0.228 e. The maximum Gasteiger partial charge on any atom is 0.133 e. The summed E-state index contributed by atoms with van der Waals surface area (Å²) in [4.78, 5) is 0. The molecule has 0 amide bonds. The monoisotopic (exact) mass is 167 g/mol. The molecular formula is C11H7N2. The van der Waals surface area contributed by atoms with Crippen LogP contribution in [0.3, 0.4) is 0 Å². The largest absolute Gasteiger partial charge is 0.228 e. The molecule has 0 bridgehead atoms. The topological polar surface area (TPSA) is 17.8 Å². The molecule has 1 aromatic heterocycles. The summed E-state index contributed by atoms with van der Waals surface area (Å²) in [5.41, 5.74) is 2.96. The molecule has 13 heavy (non-hydrogen) atoms. The average molecular weight is 167 g/mol. The zero-order valence-electron chi connectivity index (χ0n) is 7.47. The number of aryl methyl sites for hydroxylation is 1. The molecule has 1 aromatic carbocycles. The molecule has 0 aliphatic rings. The van der Waals surface area contributed by atoms with Crippen molar-refractivity contribution in [3.8, 4) is 5.69 Å². The van der Waals surface area contributed by atoms with E-state index in [1.165, 1.54) is 0 Å². The number of hydrogen-bond donors (Lipinski definition) is 0. The molecule has 0 aliphatic carbocycles. The first-order valence-corrected chi connectivity index (χ1v) is 3.94. The van der Waals surface area contributed by atoms with Crippen LogP contribution >= 0.6 is 0 Å². The highest BCUT2D eigenvalue weighted by Crippen LogP contribution is 2.09. The number of hydrogen-bond acceptors (Lipinski definition) is 1. The van der Waals surface area contributed by atoms with E-state index in [1.54, 1.807) is 4.68 Å². The second-order valence-corrected chi connectivity index (χ2v) is 2.80. The molecule has 61 valence electrons.